The molecule has 1 aromatic heterocycles. The summed E-state index contributed by atoms with van der Waals surface area (Å²) in [6.07, 6.45) is 2.45. The number of anilines is 1. The Morgan fingerprint density at radius 3 is 2.48 bits per heavy atom. The van der Waals surface area contributed by atoms with Gasteiger partial charge in [-0.25, -0.2) is 17.9 Å². The first kappa shape index (κ1) is 15.0. The van der Waals surface area contributed by atoms with Gasteiger partial charge in [-0.3, -0.25) is 0 Å². The standard InChI is InChI=1S/C13H15N3O4S/c1-3-20-13(17)11-8-15-16(12(11)14)9-4-6-10(7-5-9)21(2,18)19/h4-8H,3,14H2,1-2H3. The number of hydrogen-bond acceptors (Lipinski definition) is 6. The molecular weight excluding hydrogens is 294 g/mol. The average molecular weight is 309 g/mol. The van der Waals surface area contributed by atoms with E-state index in [2.05, 4.69) is 5.10 Å². The first-order chi connectivity index (χ1) is 9.84. The molecule has 0 aliphatic carbocycles. The van der Waals surface area contributed by atoms with E-state index in [0.717, 1.165) is 6.26 Å². The van der Waals surface area contributed by atoms with Crippen molar-refractivity contribution < 1.29 is 17.9 Å². The summed E-state index contributed by atoms with van der Waals surface area (Å²) in [5.41, 5.74) is 6.59. The molecule has 0 amide bonds. The Kier molecular flexibility index (Phi) is 3.99. The van der Waals surface area contributed by atoms with Crippen molar-refractivity contribution in [1.29, 1.82) is 0 Å². The predicted molar refractivity (Wildman–Crippen MR) is 77.0 cm³/mol. The molecule has 112 valence electrons. The lowest BCUT2D eigenvalue weighted by Crippen LogP contribution is -2.09. The third kappa shape index (κ3) is 3.05. The van der Waals surface area contributed by atoms with Crippen molar-refractivity contribution in [2.75, 3.05) is 18.6 Å². The molecule has 0 fully saturated rings. The lowest BCUT2D eigenvalue weighted by Gasteiger charge is -2.06. The number of carbonyl (C=O) groups is 1. The highest BCUT2D eigenvalue weighted by molar-refractivity contribution is 7.90. The van der Waals surface area contributed by atoms with E-state index in [1.165, 1.54) is 23.0 Å². The highest BCUT2D eigenvalue weighted by Crippen LogP contribution is 2.19. The Morgan fingerprint density at radius 1 is 1.33 bits per heavy atom. The number of sulfone groups is 1. The number of benzene rings is 1. The number of ether oxygens (including phenoxy) is 1. The van der Waals surface area contributed by atoms with Crippen LogP contribution < -0.4 is 5.73 Å². The third-order valence-corrected chi connectivity index (χ3v) is 3.94. The van der Waals surface area contributed by atoms with Crippen LogP contribution in [0.2, 0.25) is 0 Å². The van der Waals surface area contributed by atoms with Gasteiger partial charge in [0.1, 0.15) is 11.4 Å². The largest absolute Gasteiger partial charge is 0.462 e. The van der Waals surface area contributed by atoms with Gasteiger partial charge in [0.15, 0.2) is 9.84 Å². The molecule has 0 aliphatic rings. The molecule has 0 aliphatic heterocycles. The second-order valence-corrected chi connectivity index (χ2v) is 6.36. The van der Waals surface area contributed by atoms with E-state index in [1.807, 2.05) is 0 Å². The number of esters is 1. The first-order valence-corrected chi connectivity index (χ1v) is 8.05. The maximum atomic E-state index is 11.7. The number of nitrogens with zero attached hydrogens (tertiary/aromatic N) is 2. The lowest BCUT2D eigenvalue weighted by molar-refractivity contribution is 0.0527. The fourth-order valence-corrected chi connectivity index (χ4v) is 2.39. The molecule has 0 bridgehead atoms. The van der Waals surface area contributed by atoms with Crippen LogP contribution in [-0.4, -0.2) is 37.0 Å². The van der Waals surface area contributed by atoms with Crippen molar-refractivity contribution in [1.82, 2.24) is 9.78 Å². The van der Waals surface area contributed by atoms with Gasteiger partial charge in [0, 0.05) is 6.26 Å². The van der Waals surface area contributed by atoms with Gasteiger partial charge < -0.3 is 10.5 Å². The molecule has 2 rings (SSSR count). The monoisotopic (exact) mass is 309 g/mol. The molecule has 2 aromatic rings. The van der Waals surface area contributed by atoms with E-state index in [1.54, 1.807) is 19.1 Å². The van der Waals surface area contributed by atoms with Gasteiger partial charge in [0.2, 0.25) is 0 Å². The zero-order chi connectivity index (χ0) is 15.6. The van der Waals surface area contributed by atoms with E-state index >= 15 is 0 Å². The second-order valence-electron chi connectivity index (χ2n) is 4.34. The van der Waals surface area contributed by atoms with Crippen LogP contribution in [-0.2, 0) is 14.6 Å². The molecule has 21 heavy (non-hydrogen) atoms. The van der Waals surface area contributed by atoms with Gasteiger partial charge in [-0.2, -0.15) is 5.10 Å². The zero-order valence-corrected chi connectivity index (χ0v) is 12.4. The van der Waals surface area contributed by atoms with Crippen molar-refractivity contribution in [3.05, 3.63) is 36.0 Å². The van der Waals surface area contributed by atoms with Crippen molar-refractivity contribution in [3.63, 3.8) is 0 Å². The molecule has 0 saturated carbocycles. The van der Waals surface area contributed by atoms with Crippen LogP contribution in [0.25, 0.3) is 5.69 Å². The Hall–Kier alpha value is -2.35. The molecule has 1 aromatic carbocycles. The lowest BCUT2D eigenvalue weighted by atomic mass is 10.3. The predicted octanol–water partition coefficient (Wildman–Crippen LogP) is 1.03. The summed E-state index contributed by atoms with van der Waals surface area (Å²) >= 11 is 0. The summed E-state index contributed by atoms with van der Waals surface area (Å²) in [5.74, 6) is -0.408. The fourth-order valence-electron chi connectivity index (χ4n) is 1.76. The maximum Gasteiger partial charge on any atom is 0.343 e. The van der Waals surface area contributed by atoms with E-state index < -0.39 is 15.8 Å². The number of nitrogen functional groups attached to an aromatic ring is 1. The Labute approximate surface area is 122 Å². The minimum absolute atomic E-state index is 0.139. The summed E-state index contributed by atoms with van der Waals surface area (Å²) in [5, 5.41) is 4.02. The fraction of sp³-hybridized carbons (Fsp3) is 0.231. The summed E-state index contributed by atoms with van der Waals surface area (Å²) < 4.78 is 29.0. The SMILES string of the molecule is CCOC(=O)c1cnn(-c2ccc(S(C)(=O)=O)cc2)c1N. The van der Waals surface area contributed by atoms with Gasteiger partial charge in [-0.05, 0) is 31.2 Å². The zero-order valence-electron chi connectivity index (χ0n) is 11.6. The Morgan fingerprint density at radius 2 is 1.95 bits per heavy atom. The molecule has 0 atom stereocenters. The van der Waals surface area contributed by atoms with Crippen LogP contribution in [0.4, 0.5) is 5.82 Å². The van der Waals surface area contributed by atoms with Gasteiger partial charge in [0.05, 0.1) is 23.4 Å². The highest BCUT2D eigenvalue weighted by Gasteiger charge is 2.17. The van der Waals surface area contributed by atoms with Crippen LogP contribution in [0.15, 0.2) is 35.4 Å². The van der Waals surface area contributed by atoms with Crippen molar-refractivity contribution in [3.8, 4) is 5.69 Å². The van der Waals surface area contributed by atoms with Gasteiger partial charge in [0.25, 0.3) is 0 Å². The summed E-state index contributed by atoms with van der Waals surface area (Å²) in [7, 11) is -3.26. The molecule has 2 N–H and O–H groups in total. The molecule has 0 radical (unpaired) electrons. The smallest absolute Gasteiger partial charge is 0.343 e. The van der Waals surface area contributed by atoms with E-state index in [9.17, 15) is 13.2 Å². The number of nitrogens with two attached hydrogens (primary N) is 1. The van der Waals surface area contributed by atoms with Crippen molar-refractivity contribution in [2.45, 2.75) is 11.8 Å². The van der Waals surface area contributed by atoms with Crippen LogP contribution in [0.5, 0.6) is 0 Å². The first-order valence-electron chi connectivity index (χ1n) is 6.15. The number of carbonyl (C=O) groups excluding carboxylic acids is 1. The number of hydrogen-bond donors (Lipinski definition) is 1. The van der Waals surface area contributed by atoms with Crippen LogP contribution >= 0.6 is 0 Å². The van der Waals surface area contributed by atoms with Crippen molar-refractivity contribution in [2.24, 2.45) is 0 Å². The van der Waals surface area contributed by atoms with Gasteiger partial charge in [-0.1, -0.05) is 0 Å². The normalized spacial score (nSPS) is 11.3. The average Bonchev–Trinajstić information content (AvgIpc) is 2.80. The molecular formula is C13H15N3O4S. The van der Waals surface area contributed by atoms with Gasteiger partial charge in [-0.15, -0.1) is 0 Å². The summed E-state index contributed by atoms with van der Waals surface area (Å²) in [4.78, 5) is 11.9. The number of rotatable bonds is 4. The second kappa shape index (κ2) is 5.57. The Balaban J connectivity index is 2.37. The van der Waals surface area contributed by atoms with Crippen LogP contribution in [0.1, 0.15) is 17.3 Å². The molecule has 0 unspecified atom stereocenters. The van der Waals surface area contributed by atoms with Gasteiger partial charge >= 0.3 is 5.97 Å². The van der Waals surface area contributed by atoms with Crippen molar-refractivity contribution >= 4 is 21.6 Å². The minimum Gasteiger partial charge on any atom is -0.462 e. The topological polar surface area (TPSA) is 104 Å². The molecule has 0 spiro atoms. The summed E-state index contributed by atoms with van der Waals surface area (Å²) in [6.45, 7) is 1.94. The summed E-state index contributed by atoms with van der Waals surface area (Å²) in [6, 6.07) is 6.04. The molecule has 1 heterocycles. The van der Waals surface area contributed by atoms with Crippen LogP contribution in [0, 0.1) is 0 Å². The van der Waals surface area contributed by atoms with Crippen LogP contribution in [0.3, 0.4) is 0 Å². The minimum atomic E-state index is -3.26. The third-order valence-electron chi connectivity index (χ3n) is 2.81. The molecule has 8 heteroatoms. The Bertz CT molecular complexity index is 763. The quantitative estimate of drug-likeness (QED) is 0.846. The maximum absolute atomic E-state index is 11.7. The molecule has 0 saturated heterocycles. The highest BCUT2D eigenvalue weighted by atomic mass is 32.2. The van der Waals surface area contributed by atoms with E-state index in [4.69, 9.17) is 10.5 Å². The molecule has 7 nitrogen and oxygen atoms in total. The van der Waals surface area contributed by atoms with E-state index in [-0.39, 0.29) is 22.9 Å². The van der Waals surface area contributed by atoms with E-state index in [0.29, 0.717) is 5.69 Å². The number of aromatic nitrogens is 2.